The number of hydrogen-bond donors (Lipinski definition) is 3. The fourth-order valence-electron chi connectivity index (χ4n) is 18.1. The summed E-state index contributed by atoms with van der Waals surface area (Å²) >= 11 is 52.3. The predicted molar refractivity (Wildman–Crippen MR) is 619 cm³/mol. The number of benzene rings is 21. The smallest absolute Gasteiger partial charge is 0.423 e. The van der Waals surface area contributed by atoms with Crippen LogP contribution in [-0.4, -0.2) is 58.5 Å². The van der Waals surface area contributed by atoms with Crippen molar-refractivity contribution in [3.05, 3.63) is 498 Å². The van der Waals surface area contributed by atoms with E-state index in [4.69, 9.17) is 118 Å². The zero-order valence-electron chi connectivity index (χ0n) is 77.4. The number of hydrogen-bond acceptors (Lipinski definition) is 8. The van der Waals surface area contributed by atoms with Crippen LogP contribution in [0, 0.1) is 13.8 Å². The number of halogens is 9. The highest BCUT2D eigenvalue weighted by Gasteiger charge is 2.25. The lowest BCUT2D eigenvalue weighted by atomic mass is 9.80. The Morgan fingerprint density at radius 1 is 0.310 bits per heavy atom. The zero-order valence-corrected chi connectivity index (χ0v) is 86.0. The Bertz CT molecular complexity index is 9140. The van der Waals surface area contributed by atoms with Crippen molar-refractivity contribution in [3.63, 3.8) is 0 Å². The standard InChI is InChI=1S/C23H14Cl2N2.2C23H13ClN2.C17H10Cl2O.C12H10OP.C11H7BrO.C8H10.C6H5BCl2O2/c24-15-10-12-17(19(25)13-15)22-16-6-2-1-5-14(16)9-11-18(22)23-26-20-7-3-4-8-21(20)27-23;2*24-15-10-12-17-21(13-15)26-20-8-4-3-7-19(20)25-23(26)18-11-9-14-5-1-2-6-16(14)22(17)18;18-13-7-8-15(16(19)9-13)17-12(10-20)6-5-11-3-1-2-4-14(11)17;13-14(11-7-3-1-4-8-11)12-9-5-2-6-10-12;12-11-9(7-13)6-5-8-3-1-2-4-10(8)11;1-7-5-3-4-6-8(7)2;8-4-1-2-5(7(10)11)6(9)3-4/h1-13H,(H,26,27);2*1-13H;1-10H;1-10H;1-7H;3-6H,1-2H3;1-3,10-11H/q;;;;+1;;;. The van der Waals surface area contributed by atoms with Crippen molar-refractivity contribution >= 4 is 294 Å². The second kappa shape index (κ2) is 44.8. The average Bonchev–Trinajstić information content (AvgIpc) is 1.63. The van der Waals surface area contributed by atoms with E-state index in [-0.39, 0.29) is 10.5 Å². The summed E-state index contributed by atoms with van der Waals surface area (Å²) in [6.07, 6.45) is 1.71. The molecule has 0 spiro atoms. The van der Waals surface area contributed by atoms with Gasteiger partial charge in [0.05, 0.1) is 44.1 Å². The number of fused-ring (bicyclic) bond motifs is 24. The third kappa shape index (κ3) is 21.3. The minimum absolute atomic E-state index is 0.257. The van der Waals surface area contributed by atoms with Gasteiger partial charge in [-0.3, -0.25) is 18.4 Å². The number of para-hydroxylation sites is 6. The first-order chi connectivity index (χ1) is 70.6. The van der Waals surface area contributed by atoms with Crippen molar-refractivity contribution in [2.45, 2.75) is 13.8 Å². The van der Waals surface area contributed by atoms with Crippen LogP contribution in [0.1, 0.15) is 31.8 Å². The first kappa shape index (κ1) is 99.3. The number of aryl methyl sites for hydroxylation is 2. The Balaban J connectivity index is 0.000000108. The molecule has 0 bridgehead atoms. The van der Waals surface area contributed by atoms with Gasteiger partial charge in [0.25, 0.3) is 0 Å². The fraction of sp³-hybridized carbons (Fsp3) is 0.0163. The van der Waals surface area contributed by atoms with Gasteiger partial charge in [0, 0.05) is 121 Å². The maximum atomic E-state index is 12.0. The minimum atomic E-state index is -1.54. The monoisotopic (exact) mass is 2120 g/mol. The number of rotatable bonds is 8. The summed E-state index contributed by atoms with van der Waals surface area (Å²) in [5, 5.41) is 42.4. The molecule has 26 rings (SSSR count). The number of carbonyl (C=O) groups is 2. The van der Waals surface area contributed by atoms with Crippen molar-refractivity contribution in [1.29, 1.82) is 0 Å². The summed E-state index contributed by atoms with van der Waals surface area (Å²) in [6, 6.07) is 141. The molecule has 22 heteroatoms. The van der Waals surface area contributed by atoms with Crippen molar-refractivity contribution in [1.82, 2.24) is 28.7 Å². The Morgan fingerprint density at radius 2 is 0.662 bits per heavy atom. The quantitative estimate of drug-likeness (QED) is 0.0588. The van der Waals surface area contributed by atoms with E-state index >= 15 is 0 Å². The van der Waals surface area contributed by atoms with Crippen LogP contribution in [0.15, 0.2) is 435 Å². The number of aromatic nitrogens is 6. The van der Waals surface area contributed by atoms with Gasteiger partial charge in [0.2, 0.25) is 0 Å². The average molecular weight is 2130 g/mol. The van der Waals surface area contributed by atoms with E-state index in [9.17, 15) is 14.2 Å². The molecule has 26 aromatic rings. The van der Waals surface area contributed by atoms with E-state index < -0.39 is 14.9 Å². The second-order valence-electron chi connectivity index (χ2n) is 34.1. The van der Waals surface area contributed by atoms with Crippen molar-refractivity contribution in [3.8, 4) is 33.6 Å². The summed E-state index contributed by atoms with van der Waals surface area (Å²) in [4.78, 5) is 40.1. The summed E-state index contributed by atoms with van der Waals surface area (Å²) in [5.74, 6) is 0.822. The molecular formula is C123H82BBrCl8N6O5P+. The maximum absolute atomic E-state index is 12.0. The first-order valence-corrected chi connectivity index (χ1v) is 51.2. The number of nitrogens with zero attached hydrogens (tertiary/aromatic N) is 5. The highest BCUT2D eigenvalue weighted by atomic mass is 79.9. The van der Waals surface area contributed by atoms with E-state index in [2.05, 4.69) is 213 Å². The normalized spacial score (nSPS) is 11.0. The van der Waals surface area contributed by atoms with E-state index in [0.717, 1.165) is 170 Å². The van der Waals surface area contributed by atoms with Crippen molar-refractivity contribution in [2.24, 2.45) is 0 Å². The van der Waals surface area contributed by atoms with Crippen molar-refractivity contribution < 1.29 is 24.2 Å². The largest absolute Gasteiger partial charge is 0.489 e. The molecule has 5 aromatic heterocycles. The summed E-state index contributed by atoms with van der Waals surface area (Å²) in [7, 11) is -2.96. The Labute approximate surface area is 884 Å². The van der Waals surface area contributed by atoms with Gasteiger partial charge in [-0.25, -0.2) is 15.0 Å². The van der Waals surface area contributed by atoms with Gasteiger partial charge in [-0.1, -0.05) is 382 Å². The molecule has 704 valence electrons. The SMILES string of the molecule is Cc1ccccc1C.Clc1ccc(-c2c(-c3nc4ccccc4[nH]3)ccc3ccccc23)c(Cl)c1.Clc1ccc2c3c4ccccc4ccc3c3nc4ccccc4n3c2c1.Clc1ccc2c3c4ccccc4ccc3c3nc4ccccc4n3c2c1.O=Cc1ccc2ccccc2c1-c1ccc(Cl)cc1Cl.O=Cc1ccc2ccccc2c1Br.O=[P+](c1ccccc1)c1ccccc1.OB(O)c1ccc(Cl)cc1Cl. The number of carbonyl (C=O) groups excluding carboxylic acids is 2. The molecule has 0 aliphatic rings. The van der Waals surface area contributed by atoms with E-state index in [1.54, 1.807) is 24.3 Å². The number of imidazole rings is 3. The third-order valence-corrected chi connectivity index (χ3v) is 29.7. The van der Waals surface area contributed by atoms with Crippen LogP contribution < -0.4 is 16.1 Å². The summed E-state index contributed by atoms with van der Waals surface area (Å²) < 4.78 is 17.3. The molecule has 0 atom stereocenters. The highest BCUT2D eigenvalue weighted by Crippen LogP contribution is 2.45. The molecule has 0 aliphatic heterocycles. The first-order valence-electron chi connectivity index (χ1n) is 46.1. The molecule has 11 nitrogen and oxygen atoms in total. The van der Waals surface area contributed by atoms with Gasteiger partial charge >= 0.3 is 14.9 Å². The molecule has 0 saturated carbocycles. The molecule has 21 aromatic carbocycles. The van der Waals surface area contributed by atoms with Gasteiger partial charge in [0.1, 0.15) is 17.1 Å². The minimum Gasteiger partial charge on any atom is -0.423 e. The summed E-state index contributed by atoms with van der Waals surface area (Å²) in [5.41, 5.74) is 19.2. The second-order valence-corrected chi connectivity index (χ2v) is 39.9. The molecule has 0 fully saturated rings. The van der Waals surface area contributed by atoms with E-state index in [1.165, 1.54) is 66.3 Å². The molecule has 145 heavy (non-hydrogen) atoms. The van der Waals surface area contributed by atoms with E-state index in [1.807, 2.05) is 224 Å². The van der Waals surface area contributed by atoms with E-state index in [0.29, 0.717) is 36.2 Å². The van der Waals surface area contributed by atoms with Gasteiger partial charge in [0.15, 0.2) is 23.2 Å². The Kier molecular flexibility index (Phi) is 30.7. The van der Waals surface area contributed by atoms with Gasteiger partial charge in [-0.15, -0.1) is 0 Å². The number of nitrogens with one attached hydrogen (secondary N) is 1. The molecule has 0 amide bonds. The molecule has 0 unspecified atom stereocenters. The predicted octanol–water partition coefficient (Wildman–Crippen LogP) is 35.0. The molecule has 0 aliphatic carbocycles. The molecule has 5 heterocycles. The number of pyridine rings is 2. The molecule has 0 radical (unpaired) electrons. The van der Waals surface area contributed by atoms with Gasteiger partial charge in [-0.2, -0.15) is 0 Å². The lowest BCUT2D eigenvalue weighted by Crippen LogP contribution is -2.30. The maximum Gasteiger partial charge on any atom is 0.489 e. The van der Waals surface area contributed by atoms with Crippen LogP contribution >= 0.6 is 117 Å². The van der Waals surface area contributed by atoms with Crippen LogP contribution in [0.25, 0.3) is 175 Å². The lowest BCUT2D eigenvalue weighted by Gasteiger charge is -2.14. The number of aldehydes is 2. The molecule has 0 saturated heterocycles. The molecule has 3 N–H and O–H groups in total. The highest BCUT2D eigenvalue weighted by molar-refractivity contribution is 9.10. The Morgan fingerprint density at radius 3 is 1.12 bits per heavy atom. The zero-order chi connectivity index (χ0) is 100. The van der Waals surface area contributed by atoms with Crippen LogP contribution in [-0.2, 0) is 4.57 Å². The number of aromatic amines is 1. The van der Waals surface area contributed by atoms with Crippen LogP contribution in [0.4, 0.5) is 0 Å². The van der Waals surface area contributed by atoms with Gasteiger partial charge in [-0.05, 0) is 240 Å². The van der Waals surface area contributed by atoms with Crippen molar-refractivity contribution in [2.75, 3.05) is 0 Å². The number of H-pyrrole nitrogens is 1. The van der Waals surface area contributed by atoms with Crippen LogP contribution in [0.2, 0.25) is 40.2 Å². The lowest BCUT2D eigenvalue weighted by molar-refractivity contribution is 0.111. The Hall–Kier alpha value is -14.4. The summed E-state index contributed by atoms with van der Waals surface area (Å²) in [6.45, 7) is 4.24. The third-order valence-electron chi connectivity index (χ3n) is 25.1. The molecular weight excluding hydrogens is 2050 g/mol. The van der Waals surface area contributed by atoms with Crippen LogP contribution in [0.3, 0.4) is 0 Å². The van der Waals surface area contributed by atoms with Gasteiger partial charge < -0.3 is 15.0 Å². The van der Waals surface area contributed by atoms with Crippen LogP contribution in [0.5, 0.6) is 0 Å². The fourth-order valence-corrected chi connectivity index (χ4v) is 21.7. The topological polar surface area (TPSA) is 155 Å².